The number of benzene rings is 1. The number of hydrogen-bond donors (Lipinski definition) is 2. The first-order chi connectivity index (χ1) is 10.7. The fourth-order valence-electron chi connectivity index (χ4n) is 2.95. The van der Waals surface area contributed by atoms with Crippen molar-refractivity contribution >= 4 is 30.7 Å². The molecule has 2 N–H and O–H groups in total. The quantitative estimate of drug-likeness (QED) is 0.769. The molecule has 0 aliphatic carbocycles. The third-order valence-corrected chi connectivity index (χ3v) is 4.49. The predicted molar refractivity (Wildman–Crippen MR) is 105 cm³/mol. The Morgan fingerprint density at radius 2 is 1.83 bits per heavy atom. The van der Waals surface area contributed by atoms with Crippen molar-refractivity contribution in [3.8, 4) is 0 Å². The Bertz CT molecular complexity index is 475. The number of amides is 1. The van der Waals surface area contributed by atoms with E-state index >= 15 is 0 Å². The van der Waals surface area contributed by atoms with Crippen LogP contribution in [-0.4, -0.2) is 36.5 Å². The van der Waals surface area contributed by atoms with Gasteiger partial charge in [0, 0.05) is 13.1 Å². The molecule has 0 spiro atoms. The monoisotopic (exact) mass is 375 g/mol. The van der Waals surface area contributed by atoms with Gasteiger partial charge >= 0.3 is 0 Å². The lowest BCUT2D eigenvalue weighted by molar-refractivity contribution is -0.123. The van der Waals surface area contributed by atoms with Crippen LogP contribution < -0.4 is 10.6 Å². The summed E-state index contributed by atoms with van der Waals surface area (Å²) < 4.78 is 0. The molecule has 0 bridgehead atoms. The first kappa shape index (κ1) is 23.2. The van der Waals surface area contributed by atoms with Crippen LogP contribution in [0.3, 0.4) is 0 Å². The Morgan fingerprint density at radius 3 is 2.42 bits per heavy atom. The summed E-state index contributed by atoms with van der Waals surface area (Å²) >= 11 is 0. The van der Waals surface area contributed by atoms with Crippen LogP contribution in [0, 0.1) is 0 Å². The van der Waals surface area contributed by atoms with Crippen molar-refractivity contribution in [2.75, 3.05) is 19.6 Å². The Hall–Kier alpha value is -0.810. The van der Waals surface area contributed by atoms with Crippen LogP contribution in [0.15, 0.2) is 24.3 Å². The van der Waals surface area contributed by atoms with Gasteiger partial charge in [0.1, 0.15) is 0 Å². The number of nitrogens with one attached hydrogen (secondary N) is 2. The van der Waals surface area contributed by atoms with Crippen LogP contribution in [0.4, 0.5) is 0 Å². The van der Waals surface area contributed by atoms with Gasteiger partial charge in [-0.15, -0.1) is 24.8 Å². The van der Waals surface area contributed by atoms with Crippen LogP contribution in [-0.2, 0) is 17.9 Å². The van der Waals surface area contributed by atoms with Crippen LogP contribution >= 0.6 is 24.8 Å². The van der Waals surface area contributed by atoms with E-state index in [0.717, 1.165) is 39.0 Å². The van der Waals surface area contributed by atoms with E-state index in [2.05, 4.69) is 47.6 Å². The molecule has 1 aliphatic rings. The van der Waals surface area contributed by atoms with Gasteiger partial charge in [0.25, 0.3) is 0 Å². The van der Waals surface area contributed by atoms with Gasteiger partial charge in [-0.25, -0.2) is 0 Å². The van der Waals surface area contributed by atoms with E-state index in [9.17, 15) is 4.79 Å². The van der Waals surface area contributed by atoms with Crippen LogP contribution in [0.1, 0.15) is 44.2 Å². The SMILES string of the molecule is CCN(CC)Cc1ccccc1CNC(=O)[C@@H]1CCCCN1.Cl.Cl. The molecule has 1 atom stereocenters. The molecule has 1 saturated heterocycles. The highest BCUT2D eigenvalue weighted by atomic mass is 35.5. The molecule has 0 aromatic heterocycles. The standard InChI is InChI=1S/C18H29N3O.2ClH/c1-3-21(4-2)14-16-10-6-5-9-15(16)13-20-18(22)17-11-7-8-12-19-17;;/h5-6,9-10,17,19H,3-4,7-8,11-14H2,1-2H3,(H,20,22);2*1H/t17-;;/m0../s1. The highest BCUT2D eigenvalue weighted by Crippen LogP contribution is 2.12. The number of nitrogens with zero attached hydrogens (tertiary/aromatic N) is 1. The molecule has 1 aromatic carbocycles. The number of piperidine rings is 1. The zero-order valence-electron chi connectivity index (χ0n) is 14.7. The molecule has 1 amide bonds. The summed E-state index contributed by atoms with van der Waals surface area (Å²) in [5.41, 5.74) is 2.53. The lowest BCUT2D eigenvalue weighted by atomic mass is 10.0. The van der Waals surface area contributed by atoms with Crippen molar-refractivity contribution in [2.45, 2.75) is 52.2 Å². The van der Waals surface area contributed by atoms with Crippen LogP contribution in [0.5, 0.6) is 0 Å². The maximum atomic E-state index is 12.2. The first-order valence-electron chi connectivity index (χ1n) is 8.54. The third kappa shape index (κ3) is 6.98. The Morgan fingerprint density at radius 1 is 1.17 bits per heavy atom. The predicted octanol–water partition coefficient (Wildman–Crippen LogP) is 3.13. The lowest BCUT2D eigenvalue weighted by Crippen LogP contribution is -2.46. The minimum atomic E-state index is -0.0105. The molecular formula is C18H31Cl2N3O. The van der Waals surface area contributed by atoms with Gasteiger partial charge in [-0.3, -0.25) is 9.69 Å². The van der Waals surface area contributed by atoms with Gasteiger partial charge in [0.2, 0.25) is 5.91 Å². The number of carbonyl (C=O) groups is 1. The fourth-order valence-corrected chi connectivity index (χ4v) is 2.95. The highest BCUT2D eigenvalue weighted by Gasteiger charge is 2.20. The second-order valence-electron chi connectivity index (χ2n) is 5.95. The van der Waals surface area contributed by atoms with E-state index in [1.807, 2.05) is 6.07 Å². The molecule has 0 saturated carbocycles. The summed E-state index contributed by atoms with van der Waals surface area (Å²) in [6.45, 7) is 8.98. The zero-order chi connectivity index (χ0) is 15.8. The van der Waals surface area contributed by atoms with Gasteiger partial charge in [-0.05, 0) is 43.6 Å². The Balaban J connectivity index is 0.00000264. The minimum absolute atomic E-state index is 0. The van der Waals surface area contributed by atoms with Gasteiger partial charge in [-0.1, -0.05) is 44.5 Å². The first-order valence-corrected chi connectivity index (χ1v) is 8.54. The van der Waals surface area contributed by atoms with Crippen molar-refractivity contribution in [3.63, 3.8) is 0 Å². The minimum Gasteiger partial charge on any atom is -0.351 e. The average Bonchev–Trinajstić information content (AvgIpc) is 2.59. The summed E-state index contributed by atoms with van der Waals surface area (Å²) in [6, 6.07) is 8.40. The average molecular weight is 376 g/mol. The Labute approximate surface area is 158 Å². The summed E-state index contributed by atoms with van der Waals surface area (Å²) in [6.07, 6.45) is 3.27. The highest BCUT2D eigenvalue weighted by molar-refractivity contribution is 5.85. The molecule has 138 valence electrons. The molecule has 0 unspecified atom stereocenters. The normalized spacial score (nSPS) is 16.9. The molecule has 1 fully saturated rings. The summed E-state index contributed by atoms with van der Waals surface area (Å²) in [5.74, 6) is 0.136. The number of hydrogen-bond acceptors (Lipinski definition) is 3. The molecule has 24 heavy (non-hydrogen) atoms. The molecule has 2 rings (SSSR count). The van der Waals surface area contributed by atoms with Crippen molar-refractivity contribution in [1.82, 2.24) is 15.5 Å². The van der Waals surface area contributed by atoms with Crippen molar-refractivity contribution < 1.29 is 4.79 Å². The van der Waals surface area contributed by atoms with Crippen LogP contribution in [0.25, 0.3) is 0 Å². The number of rotatable bonds is 7. The maximum Gasteiger partial charge on any atom is 0.237 e. The lowest BCUT2D eigenvalue weighted by Gasteiger charge is -2.23. The van der Waals surface area contributed by atoms with E-state index in [1.165, 1.54) is 17.5 Å². The van der Waals surface area contributed by atoms with Crippen LogP contribution in [0.2, 0.25) is 0 Å². The topological polar surface area (TPSA) is 44.4 Å². The molecule has 1 heterocycles. The van der Waals surface area contributed by atoms with E-state index in [0.29, 0.717) is 6.54 Å². The number of carbonyl (C=O) groups excluding carboxylic acids is 1. The largest absolute Gasteiger partial charge is 0.351 e. The number of halogens is 2. The van der Waals surface area contributed by atoms with Crippen molar-refractivity contribution in [2.24, 2.45) is 0 Å². The third-order valence-electron chi connectivity index (χ3n) is 4.49. The van der Waals surface area contributed by atoms with Crippen molar-refractivity contribution in [3.05, 3.63) is 35.4 Å². The van der Waals surface area contributed by atoms with E-state index in [4.69, 9.17) is 0 Å². The molecule has 4 nitrogen and oxygen atoms in total. The summed E-state index contributed by atoms with van der Waals surface area (Å²) in [5, 5.41) is 6.40. The second kappa shape index (κ2) is 12.5. The van der Waals surface area contributed by atoms with Gasteiger partial charge < -0.3 is 10.6 Å². The maximum absolute atomic E-state index is 12.2. The van der Waals surface area contributed by atoms with Gasteiger partial charge in [0.05, 0.1) is 6.04 Å². The van der Waals surface area contributed by atoms with E-state index < -0.39 is 0 Å². The summed E-state index contributed by atoms with van der Waals surface area (Å²) in [4.78, 5) is 14.6. The molecular weight excluding hydrogens is 345 g/mol. The van der Waals surface area contributed by atoms with Crippen molar-refractivity contribution in [1.29, 1.82) is 0 Å². The molecule has 0 radical (unpaired) electrons. The molecule has 6 heteroatoms. The second-order valence-corrected chi connectivity index (χ2v) is 5.95. The molecule has 1 aliphatic heterocycles. The zero-order valence-corrected chi connectivity index (χ0v) is 16.3. The summed E-state index contributed by atoms with van der Waals surface area (Å²) in [7, 11) is 0. The Kier molecular flexibility index (Phi) is 12.1. The van der Waals surface area contributed by atoms with Gasteiger partial charge in [0.15, 0.2) is 0 Å². The molecule has 1 aromatic rings. The van der Waals surface area contributed by atoms with Gasteiger partial charge in [-0.2, -0.15) is 0 Å². The van der Waals surface area contributed by atoms with E-state index in [1.54, 1.807) is 0 Å². The smallest absolute Gasteiger partial charge is 0.237 e. The van der Waals surface area contributed by atoms with E-state index in [-0.39, 0.29) is 36.8 Å². The fraction of sp³-hybridized carbons (Fsp3) is 0.611.